The maximum absolute atomic E-state index is 13.7. The van der Waals surface area contributed by atoms with Crippen molar-refractivity contribution in [3.8, 4) is 0 Å². The van der Waals surface area contributed by atoms with Gasteiger partial charge in [-0.3, -0.25) is 4.79 Å². The summed E-state index contributed by atoms with van der Waals surface area (Å²) >= 11 is 18.5. The molecule has 1 aromatic heterocycles. The molecular formula is C27H22Cl3FN2O. The number of amides is 1. The topological polar surface area (TPSA) is 25.2 Å². The second kappa shape index (κ2) is 9.61. The summed E-state index contributed by atoms with van der Waals surface area (Å²) in [6.07, 6.45) is 3.86. The van der Waals surface area contributed by atoms with Crippen LogP contribution in [0.3, 0.4) is 0 Å². The average Bonchev–Trinajstić information content (AvgIpc) is 3.17. The molecule has 0 N–H and O–H groups in total. The zero-order valence-electron chi connectivity index (χ0n) is 18.3. The molecule has 1 saturated heterocycles. The van der Waals surface area contributed by atoms with Crippen LogP contribution in [-0.2, 0) is 6.54 Å². The Balaban J connectivity index is 1.37. The molecule has 0 aliphatic carbocycles. The van der Waals surface area contributed by atoms with E-state index in [2.05, 4.69) is 22.9 Å². The van der Waals surface area contributed by atoms with Gasteiger partial charge in [0, 0.05) is 41.8 Å². The van der Waals surface area contributed by atoms with Gasteiger partial charge in [-0.25, -0.2) is 4.39 Å². The maximum atomic E-state index is 13.7. The van der Waals surface area contributed by atoms with Crippen molar-refractivity contribution >= 4 is 51.6 Å². The third-order valence-electron chi connectivity index (χ3n) is 6.50. The first-order valence-electron chi connectivity index (χ1n) is 11.2. The van der Waals surface area contributed by atoms with Gasteiger partial charge in [0.2, 0.25) is 0 Å². The number of carbonyl (C=O) groups is 1. The summed E-state index contributed by atoms with van der Waals surface area (Å²) < 4.78 is 15.9. The monoisotopic (exact) mass is 514 g/mol. The minimum absolute atomic E-state index is 0.168. The highest BCUT2D eigenvalue weighted by Gasteiger charge is 2.29. The van der Waals surface area contributed by atoms with Crippen LogP contribution in [0.5, 0.6) is 0 Å². The van der Waals surface area contributed by atoms with Crippen LogP contribution in [0, 0.1) is 5.82 Å². The second-order valence-electron chi connectivity index (χ2n) is 8.67. The van der Waals surface area contributed by atoms with Crippen LogP contribution in [0.4, 0.5) is 4.39 Å². The van der Waals surface area contributed by atoms with Gasteiger partial charge < -0.3 is 9.47 Å². The Kier molecular flexibility index (Phi) is 6.57. The van der Waals surface area contributed by atoms with E-state index in [1.165, 1.54) is 17.0 Å². The van der Waals surface area contributed by atoms with E-state index < -0.39 is 0 Å². The van der Waals surface area contributed by atoms with Crippen molar-refractivity contribution in [2.24, 2.45) is 0 Å². The molecule has 2 heterocycles. The highest BCUT2D eigenvalue weighted by molar-refractivity contribution is 6.42. The molecule has 1 aliphatic rings. The van der Waals surface area contributed by atoms with Crippen molar-refractivity contribution < 1.29 is 9.18 Å². The molecule has 4 aromatic rings. The van der Waals surface area contributed by atoms with Crippen LogP contribution in [0.25, 0.3) is 10.9 Å². The van der Waals surface area contributed by atoms with Crippen LogP contribution in [0.2, 0.25) is 15.1 Å². The normalized spacial score (nSPS) is 14.6. The van der Waals surface area contributed by atoms with Crippen molar-refractivity contribution in [2.45, 2.75) is 25.3 Å². The number of rotatable bonds is 4. The van der Waals surface area contributed by atoms with Gasteiger partial charge in [-0.15, -0.1) is 0 Å². The molecule has 7 heteroatoms. The molecular weight excluding hydrogens is 494 g/mol. The summed E-state index contributed by atoms with van der Waals surface area (Å²) in [4.78, 5) is 14.9. The SMILES string of the molecule is O=C(c1c(Cl)cc(Cl)cc1Cl)N1CCC(c2cn(Cc3cccc(F)c3)c3ccccc23)CC1. The zero-order chi connectivity index (χ0) is 23.8. The number of nitrogens with zero attached hydrogens (tertiary/aromatic N) is 2. The Bertz CT molecular complexity index is 1350. The number of carbonyl (C=O) groups excluding carboxylic acids is 1. The Morgan fingerprint density at radius 1 is 0.941 bits per heavy atom. The minimum Gasteiger partial charge on any atom is -0.343 e. The number of fused-ring (bicyclic) bond motifs is 1. The van der Waals surface area contributed by atoms with Gasteiger partial charge in [0.15, 0.2) is 0 Å². The van der Waals surface area contributed by atoms with Gasteiger partial charge in [-0.05, 0) is 60.2 Å². The summed E-state index contributed by atoms with van der Waals surface area (Å²) in [7, 11) is 0. The molecule has 1 amide bonds. The molecule has 1 fully saturated rings. The average molecular weight is 516 g/mol. The summed E-state index contributed by atoms with van der Waals surface area (Å²) in [5.74, 6) is -0.0790. The first kappa shape index (κ1) is 23.2. The molecule has 0 bridgehead atoms. The number of aromatic nitrogens is 1. The van der Waals surface area contributed by atoms with Crippen LogP contribution >= 0.6 is 34.8 Å². The van der Waals surface area contributed by atoms with E-state index in [1.807, 2.05) is 23.1 Å². The lowest BCUT2D eigenvalue weighted by molar-refractivity contribution is 0.0713. The molecule has 0 radical (unpaired) electrons. The van der Waals surface area contributed by atoms with Crippen molar-refractivity contribution in [3.63, 3.8) is 0 Å². The number of halogens is 4. The lowest BCUT2D eigenvalue weighted by Crippen LogP contribution is -2.38. The van der Waals surface area contributed by atoms with Crippen molar-refractivity contribution in [1.82, 2.24) is 9.47 Å². The van der Waals surface area contributed by atoms with E-state index in [0.29, 0.717) is 36.1 Å². The lowest BCUT2D eigenvalue weighted by atomic mass is 9.89. The smallest absolute Gasteiger partial charge is 0.256 e. The molecule has 0 unspecified atom stereocenters. The van der Waals surface area contributed by atoms with Crippen LogP contribution < -0.4 is 0 Å². The van der Waals surface area contributed by atoms with Crippen molar-refractivity contribution in [1.29, 1.82) is 0 Å². The number of para-hydroxylation sites is 1. The van der Waals surface area contributed by atoms with E-state index >= 15 is 0 Å². The minimum atomic E-state index is -0.230. The molecule has 174 valence electrons. The van der Waals surface area contributed by atoms with Gasteiger partial charge in [0.05, 0.1) is 15.6 Å². The standard InChI is InChI=1S/C27H22Cl3FN2O/c28-19-13-23(29)26(24(30)14-19)27(34)32-10-8-18(9-11-32)22-16-33(25-7-2-1-6-21(22)25)15-17-4-3-5-20(31)12-17/h1-7,12-14,16,18H,8-11,15H2. The van der Waals surface area contributed by atoms with E-state index in [9.17, 15) is 9.18 Å². The highest BCUT2D eigenvalue weighted by Crippen LogP contribution is 2.36. The molecule has 1 aliphatic heterocycles. The molecule has 0 spiro atoms. The summed E-state index contributed by atoms with van der Waals surface area (Å²) in [6, 6.07) is 18.1. The van der Waals surface area contributed by atoms with Gasteiger partial charge >= 0.3 is 0 Å². The number of piperidine rings is 1. The molecule has 0 saturated carbocycles. The maximum Gasteiger partial charge on any atom is 0.256 e. The van der Waals surface area contributed by atoms with Gasteiger partial charge in [-0.1, -0.05) is 65.1 Å². The van der Waals surface area contributed by atoms with Crippen molar-refractivity contribution in [2.75, 3.05) is 13.1 Å². The molecule has 3 nitrogen and oxygen atoms in total. The number of likely N-dealkylation sites (tertiary alicyclic amines) is 1. The highest BCUT2D eigenvalue weighted by atomic mass is 35.5. The third-order valence-corrected chi connectivity index (χ3v) is 7.32. The summed E-state index contributed by atoms with van der Waals surface area (Å²) in [6.45, 7) is 1.83. The third kappa shape index (κ3) is 4.55. The first-order valence-corrected chi connectivity index (χ1v) is 12.3. The molecule has 5 rings (SSSR count). The van der Waals surface area contributed by atoms with Crippen LogP contribution in [0.1, 0.15) is 40.2 Å². The summed E-state index contributed by atoms with van der Waals surface area (Å²) in [5, 5.41) is 2.14. The van der Waals surface area contributed by atoms with E-state index in [4.69, 9.17) is 34.8 Å². The molecule has 0 atom stereocenters. The predicted octanol–water partition coefficient (Wildman–Crippen LogP) is 7.81. The number of benzene rings is 3. The largest absolute Gasteiger partial charge is 0.343 e. The quantitative estimate of drug-likeness (QED) is 0.272. The number of hydrogen-bond acceptors (Lipinski definition) is 1. The second-order valence-corrected chi connectivity index (χ2v) is 9.92. The Morgan fingerprint density at radius 3 is 2.35 bits per heavy atom. The fourth-order valence-corrected chi connectivity index (χ4v) is 5.84. The lowest BCUT2D eigenvalue weighted by Gasteiger charge is -2.32. The first-order chi connectivity index (χ1) is 16.4. The Morgan fingerprint density at radius 2 is 1.65 bits per heavy atom. The fraction of sp³-hybridized carbons (Fsp3) is 0.222. The molecule has 3 aromatic carbocycles. The van der Waals surface area contributed by atoms with E-state index in [0.717, 1.165) is 23.9 Å². The summed E-state index contributed by atoms with van der Waals surface area (Å²) in [5.41, 5.74) is 3.61. The van der Waals surface area contributed by atoms with Crippen molar-refractivity contribution in [3.05, 3.63) is 104 Å². The van der Waals surface area contributed by atoms with Gasteiger partial charge in [0.25, 0.3) is 5.91 Å². The van der Waals surface area contributed by atoms with Crippen LogP contribution in [0.15, 0.2) is 66.9 Å². The van der Waals surface area contributed by atoms with Gasteiger partial charge in [0.1, 0.15) is 5.82 Å². The van der Waals surface area contributed by atoms with E-state index in [1.54, 1.807) is 24.3 Å². The molecule has 34 heavy (non-hydrogen) atoms. The van der Waals surface area contributed by atoms with Gasteiger partial charge in [-0.2, -0.15) is 0 Å². The van der Waals surface area contributed by atoms with E-state index in [-0.39, 0.29) is 21.8 Å². The zero-order valence-corrected chi connectivity index (χ0v) is 20.5. The Hall–Kier alpha value is -2.53. The fourth-order valence-electron chi connectivity index (χ4n) is 4.86. The number of hydrogen-bond donors (Lipinski definition) is 0. The van der Waals surface area contributed by atoms with Crippen LogP contribution in [-0.4, -0.2) is 28.5 Å². The predicted molar refractivity (Wildman–Crippen MR) is 137 cm³/mol. The Labute approximate surface area is 212 Å².